The highest BCUT2D eigenvalue weighted by atomic mass is 16.5. The fourth-order valence-corrected chi connectivity index (χ4v) is 2.16. The minimum absolute atomic E-state index is 0.0242. The maximum absolute atomic E-state index is 11.7. The molecule has 0 aliphatic carbocycles. The molecule has 1 amide bonds. The van der Waals surface area contributed by atoms with Gasteiger partial charge in [0.25, 0.3) is 0 Å². The van der Waals surface area contributed by atoms with E-state index >= 15 is 0 Å². The number of hydrogen-bond donors (Lipinski definition) is 2. The molecule has 0 fully saturated rings. The predicted molar refractivity (Wildman–Crippen MR) is 79.8 cm³/mol. The van der Waals surface area contributed by atoms with E-state index in [1.54, 1.807) is 14.2 Å². The lowest BCUT2D eigenvalue weighted by Gasteiger charge is -2.23. The molecule has 0 aromatic carbocycles. The molecule has 1 aromatic rings. The molecular weight excluding hydrogens is 254 g/mol. The van der Waals surface area contributed by atoms with Crippen molar-refractivity contribution >= 4 is 5.91 Å². The monoisotopic (exact) mass is 279 g/mol. The number of carbonyl (C=O) groups excluding carboxylic acids is 1. The van der Waals surface area contributed by atoms with Gasteiger partial charge in [0.1, 0.15) is 5.75 Å². The number of amides is 1. The number of aryl methyl sites for hydroxylation is 1. The van der Waals surface area contributed by atoms with Gasteiger partial charge in [-0.2, -0.15) is 0 Å². The fourth-order valence-electron chi connectivity index (χ4n) is 2.16. The predicted octanol–water partition coefficient (Wildman–Crippen LogP) is 1.57. The first-order chi connectivity index (χ1) is 9.33. The minimum atomic E-state index is -0.447. The summed E-state index contributed by atoms with van der Waals surface area (Å²) in [5.74, 6) is 0.901. The average Bonchev–Trinajstić information content (AvgIpc) is 2.40. The van der Waals surface area contributed by atoms with E-state index in [4.69, 9.17) is 4.74 Å². The molecule has 2 N–H and O–H groups in total. The molecule has 1 heterocycles. The Balaban J connectivity index is 2.70. The van der Waals surface area contributed by atoms with Crippen LogP contribution in [0.15, 0.2) is 6.20 Å². The molecule has 1 aromatic heterocycles. The van der Waals surface area contributed by atoms with Crippen LogP contribution < -0.4 is 15.4 Å². The SMILES string of the molecule is CNC(=O)C(C)(C)CNCc1ncc(C)c(OC)c1C. The van der Waals surface area contributed by atoms with Crippen molar-refractivity contribution in [2.45, 2.75) is 34.2 Å². The van der Waals surface area contributed by atoms with Gasteiger partial charge in [-0.3, -0.25) is 9.78 Å². The summed E-state index contributed by atoms with van der Waals surface area (Å²) < 4.78 is 5.39. The molecular formula is C15H25N3O2. The number of carbonyl (C=O) groups is 1. The van der Waals surface area contributed by atoms with E-state index in [1.807, 2.05) is 33.9 Å². The molecule has 0 bridgehead atoms. The maximum Gasteiger partial charge on any atom is 0.226 e. The van der Waals surface area contributed by atoms with Gasteiger partial charge in [-0.05, 0) is 27.7 Å². The highest BCUT2D eigenvalue weighted by Crippen LogP contribution is 2.24. The summed E-state index contributed by atoms with van der Waals surface area (Å²) in [6.45, 7) is 9.00. The van der Waals surface area contributed by atoms with E-state index in [0.29, 0.717) is 13.1 Å². The Bertz CT molecular complexity index is 484. The van der Waals surface area contributed by atoms with Gasteiger partial charge in [-0.25, -0.2) is 0 Å². The van der Waals surface area contributed by atoms with Gasteiger partial charge < -0.3 is 15.4 Å². The molecule has 0 saturated heterocycles. The van der Waals surface area contributed by atoms with E-state index < -0.39 is 5.41 Å². The number of ether oxygens (including phenoxy) is 1. The number of nitrogens with one attached hydrogen (secondary N) is 2. The van der Waals surface area contributed by atoms with Crippen molar-refractivity contribution < 1.29 is 9.53 Å². The second-order valence-electron chi connectivity index (χ2n) is 5.61. The largest absolute Gasteiger partial charge is 0.496 e. The second kappa shape index (κ2) is 6.70. The van der Waals surface area contributed by atoms with E-state index in [9.17, 15) is 4.79 Å². The number of rotatable bonds is 6. The third-order valence-electron chi connectivity index (χ3n) is 3.45. The summed E-state index contributed by atoms with van der Waals surface area (Å²) in [6.07, 6.45) is 1.81. The summed E-state index contributed by atoms with van der Waals surface area (Å²) in [6, 6.07) is 0. The quantitative estimate of drug-likeness (QED) is 0.829. The van der Waals surface area contributed by atoms with Gasteiger partial charge in [0, 0.05) is 37.5 Å². The van der Waals surface area contributed by atoms with Crippen LogP contribution in [0.1, 0.15) is 30.7 Å². The van der Waals surface area contributed by atoms with Crippen LogP contribution in [0.2, 0.25) is 0 Å². The Morgan fingerprint density at radius 1 is 1.40 bits per heavy atom. The first kappa shape index (κ1) is 16.4. The van der Waals surface area contributed by atoms with Crippen LogP contribution in [0.25, 0.3) is 0 Å². The summed E-state index contributed by atoms with van der Waals surface area (Å²) in [5.41, 5.74) is 2.56. The summed E-state index contributed by atoms with van der Waals surface area (Å²) in [7, 11) is 3.32. The fraction of sp³-hybridized carbons (Fsp3) is 0.600. The van der Waals surface area contributed by atoms with Crippen LogP contribution in [0.3, 0.4) is 0 Å². The molecule has 1 rings (SSSR count). The number of hydrogen-bond acceptors (Lipinski definition) is 4. The maximum atomic E-state index is 11.7. The van der Waals surface area contributed by atoms with Crippen molar-refractivity contribution in [3.05, 3.63) is 23.0 Å². The molecule has 0 aliphatic rings. The lowest BCUT2D eigenvalue weighted by molar-refractivity contribution is -0.128. The van der Waals surface area contributed by atoms with Gasteiger partial charge in [-0.1, -0.05) is 0 Å². The van der Waals surface area contributed by atoms with Crippen LogP contribution in [0.5, 0.6) is 5.75 Å². The highest BCUT2D eigenvalue weighted by molar-refractivity contribution is 5.81. The van der Waals surface area contributed by atoms with Crippen molar-refractivity contribution in [2.75, 3.05) is 20.7 Å². The van der Waals surface area contributed by atoms with Crippen LogP contribution in [-0.2, 0) is 11.3 Å². The zero-order valence-electron chi connectivity index (χ0n) is 13.3. The zero-order chi connectivity index (χ0) is 15.3. The van der Waals surface area contributed by atoms with Gasteiger partial charge in [0.05, 0.1) is 18.2 Å². The molecule has 0 spiro atoms. The average molecular weight is 279 g/mol. The standard InChI is InChI=1S/C15H25N3O2/c1-10-7-18-12(11(2)13(10)20-6)8-17-9-15(3,4)14(19)16-5/h7,17H,8-9H2,1-6H3,(H,16,19). The Morgan fingerprint density at radius 2 is 2.05 bits per heavy atom. The lowest BCUT2D eigenvalue weighted by atomic mass is 9.92. The molecule has 5 heteroatoms. The number of methoxy groups -OCH3 is 1. The number of nitrogens with zero attached hydrogens (tertiary/aromatic N) is 1. The molecule has 0 saturated carbocycles. The zero-order valence-corrected chi connectivity index (χ0v) is 13.3. The molecule has 0 atom stereocenters. The van der Waals surface area contributed by atoms with Crippen LogP contribution in [0.4, 0.5) is 0 Å². The van der Waals surface area contributed by atoms with Gasteiger partial charge >= 0.3 is 0 Å². The second-order valence-corrected chi connectivity index (χ2v) is 5.61. The third kappa shape index (κ3) is 3.70. The Hall–Kier alpha value is -1.62. The first-order valence-corrected chi connectivity index (χ1v) is 6.75. The molecule has 0 unspecified atom stereocenters. The lowest BCUT2D eigenvalue weighted by Crippen LogP contribution is -2.42. The summed E-state index contributed by atoms with van der Waals surface area (Å²) in [5, 5.41) is 5.97. The van der Waals surface area contributed by atoms with E-state index in [0.717, 1.165) is 22.6 Å². The van der Waals surface area contributed by atoms with Crippen molar-refractivity contribution in [1.82, 2.24) is 15.6 Å². The van der Waals surface area contributed by atoms with Gasteiger partial charge in [0.2, 0.25) is 5.91 Å². The van der Waals surface area contributed by atoms with Crippen molar-refractivity contribution in [3.63, 3.8) is 0 Å². The van der Waals surface area contributed by atoms with Crippen LogP contribution in [-0.4, -0.2) is 31.6 Å². The van der Waals surface area contributed by atoms with Crippen LogP contribution >= 0.6 is 0 Å². The Morgan fingerprint density at radius 3 is 2.60 bits per heavy atom. The topological polar surface area (TPSA) is 63.2 Å². The number of pyridine rings is 1. The smallest absolute Gasteiger partial charge is 0.226 e. The normalized spacial score (nSPS) is 11.3. The minimum Gasteiger partial charge on any atom is -0.496 e. The molecule has 0 radical (unpaired) electrons. The molecule has 20 heavy (non-hydrogen) atoms. The van der Waals surface area contributed by atoms with Crippen molar-refractivity contribution in [3.8, 4) is 5.75 Å². The third-order valence-corrected chi connectivity index (χ3v) is 3.45. The van der Waals surface area contributed by atoms with Crippen LogP contribution in [0, 0.1) is 19.3 Å². The van der Waals surface area contributed by atoms with Gasteiger partial charge in [-0.15, -0.1) is 0 Å². The van der Waals surface area contributed by atoms with E-state index in [2.05, 4.69) is 15.6 Å². The van der Waals surface area contributed by atoms with Gasteiger partial charge in [0.15, 0.2) is 0 Å². The molecule has 5 nitrogen and oxygen atoms in total. The van der Waals surface area contributed by atoms with Crippen molar-refractivity contribution in [1.29, 1.82) is 0 Å². The molecule has 112 valence electrons. The number of aromatic nitrogens is 1. The Labute approximate surface area is 121 Å². The van der Waals surface area contributed by atoms with E-state index in [-0.39, 0.29) is 5.91 Å². The summed E-state index contributed by atoms with van der Waals surface area (Å²) in [4.78, 5) is 16.1. The Kier molecular flexibility index (Phi) is 5.51. The first-order valence-electron chi connectivity index (χ1n) is 6.75. The highest BCUT2D eigenvalue weighted by Gasteiger charge is 2.26. The van der Waals surface area contributed by atoms with Crippen molar-refractivity contribution in [2.24, 2.45) is 5.41 Å². The van der Waals surface area contributed by atoms with E-state index in [1.165, 1.54) is 0 Å². The molecule has 0 aliphatic heterocycles. The summed E-state index contributed by atoms with van der Waals surface area (Å²) >= 11 is 0.